The van der Waals surface area contributed by atoms with Gasteiger partial charge in [-0.15, -0.1) is 0 Å². The molecule has 1 amide bonds. The summed E-state index contributed by atoms with van der Waals surface area (Å²) in [4.78, 5) is 25.3. The number of halogens is 1. The van der Waals surface area contributed by atoms with Crippen molar-refractivity contribution in [3.63, 3.8) is 0 Å². The molecule has 1 aliphatic heterocycles. The van der Waals surface area contributed by atoms with Gasteiger partial charge in [-0.05, 0) is 30.3 Å². The zero-order chi connectivity index (χ0) is 26.7. The number of piperazine rings is 1. The van der Waals surface area contributed by atoms with Crippen molar-refractivity contribution in [3.8, 4) is 5.75 Å². The molecule has 38 heavy (non-hydrogen) atoms. The van der Waals surface area contributed by atoms with Gasteiger partial charge in [-0.3, -0.25) is 19.7 Å². The van der Waals surface area contributed by atoms with Crippen molar-refractivity contribution < 1.29 is 22.3 Å². The Labute approximate surface area is 220 Å². The van der Waals surface area contributed by atoms with Crippen LogP contribution in [0, 0.1) is 5.82 Å². The number of amides is 1. The molecule has 0 N–H and O–H groups in total. The predicted molar refractivity (Wildman–Crippen MR) is 141 cm³/mol. The third-order valence-corrected chi connectivity index (χ3v) is 8.41. The van der Waals surface area contributed by atoms with Crippen LogP contribution in [0.4, 0.5) is 4.39 Å². The Hall–Kier alpha value is -3.89. The predicted octanol–water partition coefficient (Wildman–Crippen LogP) is 3.71. The van der Waals surface area contributed by atoms with E-state index in [0.717, 1.165) is 5.39 Å². The third-order valence-electron chi connectivity index (χ3n) is 6.72. The number of hydrogen-bond donors (Lipinski definition) is 0. The Bertz CT molecular complexity index is 1580. The Morgan fingerprint density at radius 3 is 2.55 bits per heavy atom. The van der Waals surface area contributed by atoms with Crippen LogP contribution in [-0.4, -0.2) is 67.4 Å². The molecular formula is C28H27FN4O4S. The maximum atomic E-state index is 13.9. The summed E-state index contributed by atoms with van der Waals surface area (Å²) in [6.07, 6.45) is 4.34. The lowest BCUT2D eigenvalue weighted by Crippen LogP contribution is -2.48. The van der Waals surface area contributed by atoms with Crippen LogP contribution in [0.1, 0.15) is 21.5 Å². The number of benzene rings is 2. The fourth-order valence-electron chi connectivity index (χ4n) is 4.67. The first-order valence-electron chi connectivity index (χ1n) is 12.2. The highest BCUT2D eigenvalue weighted by molar-refractivity contribution is 7.90. The minimum absolute atomic E-state index is 0.155. The molecule has 0 spiro atoms. The first-order chi connectivity index (χ1) is 18.4. The average Bonchev–Trinajstić information content (AvgIpc) is 2.94. The summed E-state index contributed by atoms with van der Waals surface area (Å²) in [5.41, 5.74) is 1.88. The van der Waals surface area contributed by atoms with Crippen molar-refractivity contribution in [2.75, 3.05) is 33.3 Å². The van der Waals surface area contributed by atoms with Crippen LogP contribution in [0.15, 0.2) is 78.1 Å². The summed E-state index contributed by atoms with van der Waals surface area (Å²) in [6.45, 7) is 2.68. The minimum atomic E-state index is -3.74. The summed E-state index contributed by atoms with van der Waals surface area (Å²) in [6, 6.07) is 15.2. The quantitative estimate of drug-likeness (QED) is 0.357. The molecule has 2 aromatic carbocycles. The van der Waals surface area contributed by atoms with E-state index in [1.165, 1.54) is 13.3 Å². The van der Waals surface area contributed by atoms with Crippen LogP contribution < -0.4 is 4.74 Å². The molecular weight excluding hydrogens is 507 g/mol. The molecule has 4 aromatic rings. The second kappa shape index (κ2) is 10.8. The van der Waals surface area contributed by atoms with E-state index < -0.39 is 9.84 Å². The second-order valence-corrected chi connectivity index (χ2v) is 11.1. The average molecular weight is 535 g/mol. The molecule has 10 heteroatoms. The Morgan fingerprint density at radius 2 is 1.79 bits per heavy atom. The molecule has 196 valence electrons. The van der Waals surface area contributed by atoms with Gasteiger partial charge in [-0.25, -0.2) is 12.8 Å². The standard InChI is InChI=1S/C28H27FN4O4S/c1-37-25-16-21(28(34)33-14-12-32(13-15-33)18-22-9-11-30-17-24(22)29)7-8-23(25)19-38(35,36)26-6-2-4-20-5-3-10-31-27(20)26/h2-11,16-17H,12-15,18-19H2,1H3. The first-order valence-corrected chi connectivity index (χ1v) is 13.8. The number of fused-ring (bicyclic) bond motifs is 1. The fraction of sp³-hybridized carbons (Fsp3) is 0.250. The molecule has 0 bridgehead atoms. The molecule has 0 saturated carbocycles. The Kier molecular flexibility index (Phi) is 7.35. The number of nitrogens with zero attached hydrogens (tertiary/aromatic N) is 4. The van der Waals surface area contributed by atoms with E-state index in [9.17, 15) is 17.6 Å². The van der Waals surface area contributed by atoms with Gasteiger partial charge in [0, 0.05) is 67.2 Å². The summed E-state index contributed by atoms with van der Waals surface area (Å²) in [5.74, 6) is -0.452. The molecule has 1 aliphatic rings. The summed E-state index contributed by atoms with van der Waals surface area (Å²) < 4.78 is 46.1. The Morgan fingerprint density at radius 1 is 1.00 bits per heavy atom. The highest BCUT2D eigenvalue weighted by Gasteiger charge is 2.25. The molecule has 1 fully saturated rings. The maximum absolute atomic E-state index is 13.9. The van der Waals surface area contributed by atoms with Gasteiger partial charge >= 0.3 is 0 Å². The van der Waals surface area contributed by atoms with Crippen LogP contribution in [0.25, 0.3) is 10.9 Å². The minimum Gasteiger partial charge on any atom is -0.496 e. The topological polar surface area (TPSA) is 92.7 Å². The van der Waals surface area contributed by atoms with Gasteiger partial charge in [0.15, 0.2) is 9.84 Å². The molecule has 3 heterocycles. The van der Waals surface area contributed by atoms with Gasteiger partial charge in [0.2, 0.25) is 0 Å². The Balaban J connectivity index is 1.29. The van der Waals surface area contributed by atoms with E-state index >= 15 is 0 Å². The van der Waals surface area contributed by atoms with Crippen molar-refractivity contribution >= 4 is 26.6 Å². The maximum Gasteiger partial charge on any atom is 0.254 e. The van der Waals surface area contributed by atoms with Crippen molar-refractivity contribution in [1.82, 2.24) is 19.8 Å². The van der Waals surface area contributed by atoms with Crippen molar-refractivity contribution in [2.24, 2.45) is 0 Å². The smallest absolute Gasteiger partial charge is 0.254 e. The van der Waals surface area contributed by atoms with Crippen LogP contribution in [-0.2, 0) is 22.1 Å². The monoisotopic (exact) mass is 534 g/mol. The molecule has 0 aliphatic carbocycles. The van der Waals surface area contributed by atoms with Gasteiger partial charge in [-0.2, -0.15) is 0 Å². The van der Waals surface area contributed by atoms with E-state index in [4.69, 9.17) is 4.74 Å². The molecule has 8 nitrogen and oxygen atoms in total. The highest BCUT2D eigenvalue weighted by atomic mass is 32.2. The number of rotatable bonds is 7. The third kappa shape index (κ3) is 5.36. The fourth-order valence-corrected chi connectivity index (χ4v) is 6.23. The van der Waals surface area contributed by atoms with Crippen LogP contribution in [0.5, 0.6) is 5.75 Å². The van der Waals surface area contributed by atoms with Gasteiger partial charge in [-0.1, -0.05) is 24.3 Å². The van der Waals surface area contributed by atoms with Gasteiger partial charge in [0.05, 0.1) is 29.5 Å². The molecule has 0 radical (unpaired) electrons. The second-order valence-electron chi connectivity index (χ2n) is 9.15. The zero-order valence-corrected chi connectivity index (χ0v) is 21.7. The van der Waals surface area contributed by atoms with Gasteiger partial charge < -0.3 is 9.64 Å². The lowest BCUT2D eigenvalue weighted by atomic mass is 10.1. The van der Waals surface area contributed by atoms with E-state index in [1.807, 2.05) is 12.1 Å². The van der Waals surface area contributed by atoms with Crippen molar-refractivity contribution in [3.05, 3.63) is 95.7 Å². The van der Waals surface area contributed by atoms with E-state index in [1.54, 1.807) is 59.8 Å². The number of hydrogen-bond acceptors (Lipinski definition) is 7. The van der Waals surface area contributed by atoms with E-state index in [2.05, 4.69) is 14.9 Å². The normalized spacial score (nSPS) is 14.5. The molecule has 2 aromatic heterocycles. The highest BCUT2D eigenvalue weighted by Crippen LogP contribution is 2.29. The molecule has 1 saturated heterocycles. The van der Waals surface area contributed by atoms with Gasteiger partial charge in [0.1, 0.15) is 11.6 Å². The lowest BCUT2D eigenvalue weighted by Gasteiger charge is -2.34. The first kappa shape index (κ1) is 25.7. The number of sulfone groups is 1. The van der Waals surface area contributed by atoms with Crippen molar-refractivity contribution in [2.45, 2.75) is 17.2 Å². The number of methoxy groups -OCH3 is 1. The van der Waals surface area contributed by atoms with E-state index in [0.29, 0.717) is 60.7 Å². The lowest BCUT2D eigenvalue weighted by molar-refractivity contribution is 0.0626. The molecule has 5 rings (SSSR count). The van der Waals surface area contributed by atoms with Crippen molar-refractivity contribution in [1.29, 1.82) is 0 Å². The summed E-state index contributed by atoms with van der Waals surface area (Å²) in [5, 5.41) is 0.743. The zero-order valence-electron chi connectivity index (χ0n) is 20.9. The number of pyridine rings is 2. The number of carbonyl (C=O) groups excluding carboxylic acids is 1. The number of para-hydroxylation sites is 1. The van der Waals surface area contributed by atoms with E-state index in [-0.39, 0.29) is 22.4 Å². The largest absolute Gasteiger partial charge is 0.496 e. The SMILES string of the molecule is COc1cc(C(=O)N2CCN(Cc3ccncc3F)CC2)ccc1CS(=O)(=O)c1cccc2cccnc12. The molecule has 0 atom stereocenters. The molecule has 0 unspecified atom stereocenters. The number of aromatic nitrogens is 2. The summed E-state index contributed by atoms with van der Waals surface area (Å²) >= 11 is 0. The van der Waals surface area contributed by atoms with Crippen LogP contribution in [0.3, 0.4) is 0 Å². The van der Waals surface area contributed by atoms with Crippen LogP contribution >= 0.6 is 0 Å². The summed E-state index contributed by atoms with van der Waals surface area (Å²) in [7, 11) is -2.28. The van der Waals surface area contributed by atoms with Gasteiger partial charge in [0.25, 0.3) is 5.91 Å². The number of carbonyl (C=O) groups is 1. The van der Waals surface area contributed by atoms with Crippen LogP contribution in [0.2, 0.25) is 0 Å². The number of ether oxygens (including phenoxy) is 1.